The number of nitrogens with zero attached hydrogens (tertiary/aromatic N) is 2. The lowest BCUT2D eigenvalue weighted by atomic mass is 10.1. The Morgan fingerprint density at radius 1 is 1.24 bits per heavy atom. The fourth-order valence-electron chi connectivity index (χ4n) is 2.83. The number of aliphatic imine (C=N–C) groups is 1. The smallest absolute Gasteiger partial charge is 0.387 e. The van der Waals surface area contributed by atoms with Crippen molar-refractivity contribution in [2.75, 3.05) is 19.6 Å². The van der Waals surface area contributed by atoms with Crippen LogP contribution in [0.3, 0.4) is 0 Å². The molecule has 2 rings (SSSR count). The molecule has 160 valence electrons. The van der Waals surface area contributed by atoms with E-state index >= 15 is 0 Å². The van der Waals surface area contributed by atoms with E-state index < -0.39 is 12.7 Å². The van der Waals surface area contributed by atoms with Gasteiger partial charge < -0.3 is 25.0 Å². The summed E-state index contributed by atoms with van der Waals surface area (Å²) < 4.78 is 33.9. The summed E-state index contributed by atoms with van der Waals surface area (Å²) in [6.45, 7) is 4.44. The lowest BCUT2D eigenvalue weighted by molar-refractivity contribution is -0.0498. The van der Waals surface area contributed by atoms with Crippen LogP contribution in [-0.2, 0) is 6.42 Å². The van der Waals surface area contributed by atoms with Crippen molar-refractivity contribution in [2.24, 2.45) is 4.99 Å². The molecule has 1 heterocycles. The lowest BCUT2D eigenvalue weighted by Crippen LogP contribution is -2.38. The minimum atomic E-state index is -2.87. The van der Waals surface area contributed by atoms with Crippen LogP contribution >= 0.6 is 0 Å². The van der Waals surface area contributed by atoms with E-state index in [0.717, 1.165) is 29.9 Å². The Morgan fingerprint density at radius 2 is 1.97 bits per heavy atom. The van der Waals surface area contributed by atoms with Gasteiger partial charge in [-0.15, -0.1) is 0 Å². The number of ether oxygens (including phenoxy) is 1. The molecule has 3 N–H and O–H groups in total. The van der Waals surface area contributed by atoms with Crippen molar-refractivity contribution in [3.8, 4) is 5.75 Å². The largest absolute Gasteiger partial charge is 0.435 e. The fraction of sp³-hybridized carbons (Fsp3) is 0.500. The molecule has 29 heavy (non-hydrogen) atoms. The van der Waals surface area contributed by atoms with Gasteiger partial charge in [0.05, 0.1) is 18.3 Å². The number of aliphatic hydroxyl groups is 1. The predicted molar refractivity (Wildman–Crippen MR) is 106 cm³/mol. The maximum atomic E-state index is 12.2. The van der Waals surface area contributed by atoms with Crippen molar-refractivity contribution in [1.29, 1.82) is 0 Å². The zero-order valence-electron chi connectivity index (χ0n) is 16.9. The average molecular weight is 410 g/mol. The van der Waals surface area contributed by atoms with Gasteiger partial charge in [-0.1, -0.05) is 17.3 Å². The second kappa shape index (κ2) is 11.4. The van der Waals surface area contributed by atoms with Gasteiger partial charge in [0, 0.05) is 18.7 Å². The van der Waals surface area contributed by atoms with E-state index in [4.69, 9.17) is 4.52 Å². The maximum absolute atomic E-state index is 12.2. The highest BCUT2D eigenvalue weighted by Crippen LogP contribution is 2.19. The number of aryl methyl sites for hydroxylation is 2. The molecule has 0 aliphatic heterocycles. The van der Waals surface area contributed by atoms with Gasteiger partial charge >= 0.3 is 6.61 Å². The first-order valence-corrected chi connectivity index (χ1v) is 9.57. The molecule has 0 fully saturated rings. The monoisotopic (exact) mass is 410 g/mol. The Labute approximate surface area is 169 Å². The molecule has 7 nitrogen and oxygen atoms in total. The molecule has 0 aliphatic carbocycles. The van der Waals surface area contributed by atoms with Crippen LogP contribution in [0.5, 0.6) is 5.75 Å². The van der Waals surface area contributed by atoms with Crippen LogP contribution in [0.25, 0.3) is 0 Å². The van der Waals surface area contributed by atoms with E-state index in [1.54, 1.807) is 12.1 Å². The second-order valence-corrected chi connectivity index (χ2v) is 6.52. The zero-order chi connectivity index (χ0) is 21.2. The number of nitrogens with one attached hydrogen (secondary N) is 2. The third-order valence-electron chi connectivity index (χ3n) is 4.33. The molecule has 1 unspecified atom stereocenters. The van der Waals surface area contributed by atoms with Gasteiger partial charge in [-0.05, 0) is 51.3 Å². The quantitative estimate of drug-likeness (QED) is 0.317. The number of rotatable bonds is 10. The van der Waals surface area contributed by atoms with Crippen molar-refractivity contribution in [3.63, 3.8) is 0 Å². The SMILES string of the molecule is CCNC(=NCC(O)c1ccc(OC(F)F)cc1)NCCCc1c(C)noc1C. The summed E-state index contributed by atoms with van der Waals surface area (Å²) in [5.74, 6) is 1.49. The van der Waals surface area contributed by atoms with Crippen LogP contribution in [0.1, 0.15) is 42.0 Å². The minimum Gasteiger partial charge on any atom is -0.435 e. The Bertz CT molecular complexity index is 759. The van der Waals surface area contributed by atoms with E-state index in [0.29, 0.717) is 24.6 Å². The predicted octanol–water partition coefficient (Wildman–Crippen LogP) is 3.11. The summed E-state index contributed by atoms with van der Waals surface area (Å²) in [6.07, 6.45) is 0.874. The molecular weight excluding hydrogens is 382 g/mol. The van der Waals surface area contributed by atoms with Crippen molar-refractivity contribution >= 4 is 5.96 Å². The van der Waals surface area contributed by atoms with E-state index in [9.17, 15) is 13.9 Å². The van der Waals surface area contributed by atoms with E-state index in [-0.39, 0.29) is 12.3 Å². The highest BCUT2D eigenvalue weighted by atomic mass is 19.3. The number of hydrogen-bond acceptors (Lipinski definition) is 5. The van der Waals surface area contributed by atoms with Gasteiger partial charge in [0.2, 0.25) is 0 Å². The molecule has 1 atom stereocenters. The maximum Gasteiger partial charge on any atom is 0.387 e. The molecule has 0 radical (unpaired) electrons. The highest BCUT2D eigenvalue weighted by molar-refractivity contribution is 5.79. The highest BCUT2D eigenvalue weighted by Gasteiger charge is 2.10. The van der Waals surface area contributed by atoms with Crippen molar-refractivity contribution in [1.82, 2.24) is 15.8 Å². The Hall–Kier alpha value is -2.68. The number of benzene rings is 1. The molecule has 1 aromatic heterocycles. The third-order valence-corrected chi connectivity index (χ3v) is 4.33. The minimum absolute atomic E-state index is 0.0488. The summed E-state index contributed by atoms with van der Waals surface area (Å²) in [5.41, 5.74) is 2.62. The van der Waals surface area contributed by atoms with Crippen LogP contribution < -0.4 is 15.4 Å². The first kappa shape index (κ1) is 22.6. The number of hydrogen-bond donors (Lipinski definition) is 3. The zero-order valence-corrected chi connectivity index (χ0v) is 16.9. The molecule has 0 amide bonds. The van der Waals surface area contributed by atoms with Crippen molar-refractivity contribution in [3.05, 3.63) is 46.8 Å². The van der Waals surface area contributed by atoms with E-state index in [2.05, 4.69) is 25.5 Å². The standard InChI is InChI=1S/C20H28F2N4O3/c1-4-23-20(24-11-5-6-17-13(2)26-29-14(17)3)25-12-18(27)15-7-9-16(10-8-15)28-19(21)22/h7-10,18-19,27H,4-6,11-12H2,1-3H3,(H2,23,24,25). The van der Waals surface area contributed by atoms with E-state index in [1.807, 2.05) is 20.8 Å². The van der Waals surface area contributed by atoms with Crippen LogP contribution in [0.2, 0.25) is 0 Å². The second-order valence-electron chi connectivity index (χ2n) is 6.52. The summed E-state index contributed by atoms with van der Waals surface area (Å²) in [7, 11) is 0. The summed E-state index contributed by atoms with van der Waals surface area (Å²) in [4.78, 5) is 4.39. The normalized spacial score (nSPS) is 12.9. The summed E-state index contributed by atoms with van der Waals surface area (Å²) in [5, 5.41) is 20.6. The molecule has 9 heteroatoms. The molecule has 0 saturated heterocycles. The van der Waals surface area contributed by atoms with Gasteiger partial charge in [0.25, 0.3) is 0 Å². The van der Waals surface area contributed by atoms with Crippen LogP contribution in [0.15, 0.2) is 33.8 Å². The first-order chi connectivity index (χ1) is 13.9. The first-order valence-electron chi connectivity index (χ1n) is 9.57. The number of alkyl halides is 2. The van der Waals surface area contributed by atoms with E-state index in [1.165, 1.54) is 12.1 Å². The Balaban J connectivity index is 1.84. The van der Waals surface area contributed by atoms with Crippen molar-refractivity contribution < 1.29 is 23.1 Å². The van der Waals surface area contributed by atoms with Gasteiger partial charge in [0.15, 0.2) is 5.96 Å². The van der Waals surface area contributed by atoms with Crippen LogP contribution in [0.4, 0.5) is 8.78 Å². The number of aliphatic hydroxyl groups excluding tert-OH is 1. The third kappa shape index (κ3) is 7.34. The van der Waals surface area contributed by atoms with Gasteiger partial charge in [-0.25, -0.2) is 0 Å². The van der Waals surface area contributed by atoms with Crippen molar-refractivity contribution in [2.45, 2.75) is 46.3 Å². The summed E-state index contributed by atoms with van der Waals surface area (Å²) in [6, 6.07) is 5.88. The molecule has 0 bridgehead atoms. The van der Waals surface area contributed by atoms with Gasteiger partial charge in [-0.3, -0.25) is 4.99 Å². The molecule has 1 aromatic carbocycles. The fourth-order valence-corrected chi connectivity index (χ4v) is 2.83. The topological polar surface area (TPSA) is 91.9 Å². The lowest BCUT2D eigenvalue weighted by Gasteiger charge is -2.14. The molecule has 0 aliphatic rings. The molecule has 0 saturated carbocycles. The molecule has 0 spiro atoms. The molecule has 2 aromatic rings. The molecular formula is C20H28F2N4O3. The Kier molecular flexibility index (Phi) is 8.85. The van der Waals surface area contributed by atoms with Gasteiger partial charge in [0.1, 0.15) is 11.5 Å². The average Bonchev–Trinajstić information content (AvgIpc) is 3.01. The van der Waals surface area contributed by atoms with Crippen LogP contribution in [0, 0.1) is 13.8 Å². The Morgan fingerprint density at radius 3 is 2.55 bits per heavy atom. The van der Waals surface area contributed by atoms with Crippen LogP contribution in [-0.4, -0.2) is 42.5 Å². The summed E-state index contributed by atoms with van der Waals surface area (Å²) >= 11 is 0. The van der Waals surface area contributed by atoms with Gasteiger partial charge in [-0.2, -0.15) is 8.78 Å². The number of halogens is 2. The number of guanidine groups is 1. The number of aromatic nitrogens is 1.